The van der Waals surface area contributed by atoms with Gasteiger partial charge in [-0.15, -0.1) is 0 Å². The molecule has 0 aromatic heterocycles. The molecule has 2 unspecified atom stereocenters. The first-order valence-electron chi connectivity index (χ1n) is 7.67. The SMILES string of the molecule is CN(CC(=O)NC(=O)NC1CC1)C1CC2CCC(C1)N2. The van der Waals surface area contributed by atoms with Crippen LogP contribution in [-0.4, -0.2) is 54.6 Å². The van der Waals surface area contributed by atoms with Crippen molar-refractivity contribution >= 4 is 11.9 Å². The molecule has 3 amide bonds. The zero-order valence-electron chi connectivity index (χ0n) is 12.0. The minimum Gasteiger partial charge on any atom is -0.335 e. The van der Waals surface area contributed by atoms with Crippen molar-refractivity contribution in [1.29, 1.82) is 0 Å². The fraction of sp³-hybridized carbons (Fsp3) is 0.857. The van der Waals surface area contributed by atoms with Crippen LogP contribution in [0, 0.1) is 0 Å². The maximum Gasteiger partial charge on any atom is 0.321 e. The van der Waals surface area contributed by atoms with Gasteiger partial charge in [0.1, 0.15) is 0 Å². The van der Waals surface area contributed by atoms with Crippen LogP contribution in [0.5, 0.6) is 0 Å². The number of hydrogen-bond acceptors (Lipinski definition) is 4. The summed E-state index contributed by atoms with van der Waals surface area (Å²) < 4.78 is 0. The molecule has 2 heterocycles. The van der Waals surface area contributed by atoms with E-state index in [2.05, 4.69) is 20.9 Å². The molecule has 2 atom stereocenters. The van der Waals surface area contributed by atoms with E-state index in [0.29, 0.717) is 24.7 Å². The molecule has 0 aromatic carbocycles. The monoisotopic (exact) mass is 280 g/mol. The molecule has 2 saturated heterocycles. The van der Waals surface area contributed by atoms with Gasteiger partial charge in [0.15, 0.2) is 0 Å². The van der Waals surface area contributed by atoms with E-state index in [1.807, 2.05) is 7.05 Å². The van der Waals surface area contributed by atoms with Gasteiger partial charge >= 0.3 is 6.03 Å². The highest BCUT2D eigenvalue weighted by Gasteiger charge is 2.35. The topological polar surface area (TPSA) is 73.5 Å². The number of amides is 3. The lowest BCUT2D eigenvalue weighted by Gasteiger charge is -2.35. The van der Waals surface area contributed by atoms with E-state index in [1.54, 1.807) is 0 Å². The highest BCUT2D eigenvalue weighted by molar-refractivity contribution is 5.95. The number of nitrogens with zero attached hydrogens (tertiary/aromatic N) is 1. The zero-order valence-corrected chi connectivity index (χ0v) is 12.0. The van der Waals surface area contributed by atoms with Crippen molar-refractivity contribution in [2.24, 2.45) is 0 Å². The highest BCUT2D eigenvalue weighted by atomic mass is 16.2. The van der Waals surface area contributed by atoms with Crippen molar-refractivity contribution in [2.45, 2.75) is 62.7 Å². The van der Waals surface area contributed by atoms with Gasteiger partial charge in [0.05, 0.1) is 6.54 Å². The summed E-state index contributed by atoms with van der Waals surface area (Å²) >= 11 is 0. The van der Waals surface area contributed by atoms with Crippen LogP contribution in [-0.2, 0) is 4.79 Å². The third-order valence-electron chi connectivity index (χ3n) is 4.63. The van der Waals surface area contributed by atoms with Crippen LogP contribution in [0.4, 0.5) is 4.79 Å². The van der Waals surface area contributed by atoms with Gasteiger partial charge in [0, 0.05) is 24.2 Å². The van der Waals surface area contributed by atoms with Gasteiger partial charge in [-0.2, -0.15) is 0 Å². The van der Waals surface area contributed by atoms with E-state index < -0.39 is 0 Å². The first-order valence-corrected chi connectivity index (χ1v) is 7.67. The van der Waals surface area contributed by atoms with Crippen LogP contribution in [0.2, 0.25) is 0 Å². The van der Waals surface area contributed by atoms with Crippen LogP contribution in [0.3, 0.4) is 0 Å². The number of carbonyl (C=O) groups excluding carboxylic acids is 2. The molecule has 20 heavy (non-hydrogen) atoms. The molecule has 3 aliphatic rings. The Morgan fingerprint density at radius 3 is 2.40 bits per heavy atom. The number of carbonyl (C=O) groups is 2. The fourth-order valence-electron chi connectivity index (χ4n) is 3.36. The molecule has 3 rings (SSSR count). The second kappa shape index (κ2) is 5.69. The molecule has 2 aliphatic heterocycles. The summed E-state index contributed by atoms with van der Waals surface area (Å²) in [4.78, 5) is 25.5. The van der Waals surface area contributed by atoms with Crippen molar-refractivity contribution < 1.29 is 9.59 Å². The number of piperidine rings is 1. The predicted octanol–water partition coefficient (Wildman–Crippen LogP) is 0.189. The van der Waals surface area contributed by atoms with Gasteiger partial charge < -0.3 is 10.6 Å². The Balaban J connectivity index is 1.42. The molecule has 0 radical (unpaired) electrons. The average molecular weight is 280 g/mol. The lowest BCUT2D eigenvalue weighted by molar-refractivity contribution is -0.121. The van der Waals surface area contributed by atoms with E-state index in [4.69, 9.17) is 0 Å². The number of urea groups is 1. The molecule has 3 fully saturated rings. The molecule has 112 valence electrons. The van der Waals surface area contributed by atoms with Gasteiger partial charge in [-0.25, -0.2) is 4.79 Å². The van der Waals surface area contributed by atoms with E-state index in [0.717, 1.165) is 25.7 Å². The van der Waals surface area contributed by atoms with E-state index in [1.165, 1.54) is 12.8 Å². The minimum atomic E-state index is -0.351. The number of nitrogens with one attached hydrogen (secondary N) is 3. The van der Waals surface area contributed by atoms with E-state index in [-0.39, 0.29) is 18.0 Å². The Kier molecular flexibility index (Phi) is 3.94. The summed E-state index contributed by atoms with van der Waals surface area (Å²) in [5.74, 6) is -0.212. The minimum absolute atomic E-state index is 0.212. The lowest BCUT2D eigenvalue weighted by atomic mass is 9.98. The van der Waals surface area contributed by atoms with Crippen LogP contribution in [0.25, 0.3) is 0 Å². The number of rotatable bonds is 4. The summed E-state index contributed by atoms with van der Waals surface area (Å²) in [6, 6.07) is 1.60. The molecule has 6 nitrogen and oxygen atoms in total. The smallest absolute Gasteiger partial charge is 0.321 e. The fourth-order valence-corrected chi connectivity index (χ4v) is 3.36. The Labute approximate surface area is 119 Å². The van der Waals surface area contributed by atoms with Crippen LogP contribution >= 0.6 is 0 Å². The molecule has 6 heteroatoms. The molecule has 2 bridgehead atoms. The number of fused-ring (bicyclic) bond motifs is 2. The molecule has 1 aliphatic carbocycles. The van der Waals surface area contributed by atoms with Crippen LogP contribution < -0.4 is 16.0 Å². The Hall–Kier alpha value is -1.14. The quantitative estimate of drug-likeness (QED) is 0.687. The Morgan fingerprint density at radius 2 is 1.80 bits per heavy atom. The number of imide groups is 1. The van der Waals surface area contributed by atoms with Gasteiger partial charge in [0.2, 0.25) is 5.91 Å². The average Bonchev–Trinajstić information content (AvgIpc) is 3.13. The lowest BCUT2D eigenvalue weighted by Crippen LogP contribution is -2.50. The summed E-state index contributed by atoms with van der Waals surface area (Å²) in [6.45, 7) is 0.294. The highest BCUT2D eigenvalue weighted by Crippen LogP contribution is 2.29. The second-order valence-corrected chi connectivity index (χ2v) is 6.47. The molecule has 0 aromatic rings. The zero-order chi connectivity index (χ0) is 14.1. The maximum absolute atomic E-state index is 11.9. The Morgan fingerprint density at radius 1 is 1.15 bits per heavy atom. The van der Waals surface area contributed by atoms with E-state index in [9.17, 15) is 9.59 Å². The van der Waals surface area contributed by atoms with Crippen molar-refractivity contribution in [2.75, 3.05) is 13.6 Å². The molecule has 3 N–H and O–H groups in total. The van der Waals surface area contributed by atoms with Gasteiger partial charge in [-0.1, -0.05) is 0 Å². The summed E-state index contributed by atoms with van der Waals surface area (Å²) in [7, 11) is 1.98. The predicted molar refractivity (Wildman–Crippen MR) is 75.3 cm³/mol. The molecular formula is C14H24N4O2. The second-order valence-electron chi connectivity index (χ2n) is 6.47. The summed E-state index contributed by atoms with van der Waals surface area (Å²) in [6.07, 6.45) is 6.78. The van der Waals surface area contributed by atoms with Crippen molar-refractivity contribution in [3.8, 4) is 0 Å². The third-order valence-corrected chi connectivity index (χ3v) is 4.63. The Bertz CT molecular complexity index is 385. The standard InChI is InChI=1S/C14H24N4O2/c1-18(12-6-10-4-5-11(7-12)15-10)8-13(19)17-14(20)16-9-2-3-9/h9-12,15H,2-8H2,1H3,(H2,16,17,19,20). The third kappa shape index (κ3) is 3.49. The van der Waals surface area contributed by atoms with Gasteiger partial charge in [-0.05, 0) is 45.6 Å². The maximum atomic E-state index is 11.9. The van der Waals surface area contributed by atoms with Crippen LogP contribution in [0.15, 0.2) is 0 Å². The largest absolute Gasteiger partial charge is 0.335 e. The first kappa shape index (κ1) is 13.8. The van der Waals surface area contributed by atoms with Crippen molar-refractivity contribution in [1.82, 2.24) is 20.9 Å². The van der Waals surface area contributed by atoms with Crippen molar-refractivity contribution in [3.63, 3.8) is 0 Å². The first-order chi connectivity index (χ1) is 9.60. The van der Waals surface area contributed by atoms with Gasteiger partial charge in [-0.3, -0.25) is 15.0 Å². The molecule has 0 spiro atoms. The summed E-state index contributed by atoms with van der Waals surface area (Å²) in [5.41, 5.74) is 0. The van der Waals surface area contributed by atoms with Crippen LogP contribution in [0.1, 0.15) is 38.5 Å². The number of hydrogen-bond donors (Lipinski definition) is 3. The number of likely N-dealkylation sites (N-methyl/N-ethyl adjacent to an activating group) is 1. The normalized spacial score (nSPS) is 32.2. The molecule has 1 saturated carbocycles. The van der Waals surface area contributed by atoms with Crippen molar-refractivity contribution in [3.05, 3.63) is 0 Å². The molecular weight excluding hydrogens is 256 g/mol. The van der Waals surface area contributed by atoms with Gasteiger partial charge in [0.25, 0.3) is 0 Å². The summed E-state index contributed by atoms with van der Waals surface area (Å²) in [5, 5.41) is 8.77. The van der Waals surface area contributed by atoms with E-state index >= 15 is 0 Å².